The van der Waals surface area contributed by atoms with E-state index in [1.165, 1.54) is 12.8 Å². The second-order valence-corrected chi connectivity index (χ2v) is 8.29. The molecule has 0 aromatic heterocycles. The van der Waals surface area contributed by atoms with E-state index in [2.05, 4.69) is 16.7 Å². The van der Waals surface area contributed by atoms with Crippen molar-refractivity contribution in [3.63, 3.8) is 0 Å². The molecule has 0 spiro atoms. The van der Waals surface area contributed by atoms with Gasteiger partial charge < -0.3 is 20.3 Å². The van der Waals surface area contributed by atoms with Crippen LogP contribution < -0.4 is 15.4 Å². The van der Waals surface area contributed by atoms with Crippen molar-refractivity contribution < 1.29 is 14.3 Å². The van der Waals surface area contributed by atoms with Crippen molar-refractivity contribution in [2.75, 3.05) is 23.7 Å². The van der Waals surface area contributed by atoms with E-state index in [0.29, 0.717) is 22.7 Å². The first-order valence-corrected chi connectivity index (χ1v) is 11.1. The van der Waals surface area contributed by atoms with Crippen LogP contribution in [0.25, 0.3) is 0 Å². The second-order valence-electron chi connectivity index (χ2n) is 8.29. The number of hydrogen-bond donors (Lipinski definition) is 2. The van der Waals surface area contributed by atoms with Crippen LogP contribution in [0.4, 0.5) is 16.2 Å². The molecule has 168 valence electrons. The van der Waals surface area contributed by atoms with E-state index >= 15 is 0 Å². The molecule has 1 aliphatic rings. The van der Waals surface area contributed by atoms with E-state index in [-0.39, 0.29) is 17.9 Å². The molecule has 1 unspecified atom stereocenters. The van der Waals surface area contributed by atoms with Crippen LogP contribution in [0.1, 0.15) is 45.1 Å². The van der Waals surface area contributed by atoms with Crippen LogP contribution in [0.5, 0.6) is 5.75 Å². The van der Waals surface area contributed by atoms with E-state index < -0.39 is 6.10 Å². The van der Waals surface area contributed by atoms with Crippen LogP contribution in [0.3, 0.4) is 0 Å². The van der Waals surface area contributed by atoms with Gasteiger partial charge in [-0.2, -0.15) is 5.26 Å². The summed E-state index contributed by atoms with van der Waals surface area (Å²) in [6.07, 6.45) is 3.65. The molecule has 7 nitrogen and oxygen atoms in total. The summed E-state index contributed by atoms with van der Waals surface area (Å²) >= 11 is 0. The first-order chi connectivity index (χ1) is 15.5. The van der Waals surface area contributed by atoms with Gasteiger partial charge >= 0.3 is 6.03 Å². The fourth-order valence-corrected chi connectivity index (χ4v) is 3.62. The number of likely N-dealkylation sites (tertiary alicyclic amines) is 1. The maximum absolute atomic E-state index is 12.9. The number of nitrogens with one attached hydrogen (secondary N) is 2. The molecular formula is C25H30N4O3. The lowest BCUT2D eigenvalue weighted by atomic mass is 10.1. The van der Waals surface area contributed by atoms with Gasteiger partial charge in [0.25, 0.3) is 5.91 Å². The third kappa shape index (κ3) is 6.24. The summed E-state index contributed by atoms with van der Waals surface area (Å²) in [5, 5.41) is 15.1. The minimum absolute atomic E-state index is 0.0897. The number of carbonyl (C=O) groups excluding carboxylic acids is 2. The average molecular weight is 435 g/mol. The first-order valence-electron chi connectivity index (χ1n) is 11.1. The summed E-state index contributed by atoms with van der Waals surface area (Å²) in [4.78, 5) is 27.2. The third-order valence-corrected chi connectivity index (χ3v) is 5.42. The summed E-state index contributed by atoms with van der Waals surface area (Å²) in [6.45, 7) is 5.35. The molecule has 2 aromatic carbocycles. The van der Waals surface area contributed by atoms with Gasteiger partial charge in [-0.3, -0.25) is 4.79 Å². The number of carbonyl (C=O) groups is 2. The lowest BCUT2D eigenvalue weighted by molar-refractivity contribution is -0.124. The first kappa shape index (κ1) is 23.1. The number of benzene rings is 2. The second kappa shape index (κ2) is 11.2. The quantitative estimate of drug-likeness (QED) is 0.668. The molecule has 1 fully saturated rings. The smallest absolute Gasteiger partial charge is 0.321 e. The van der Waals surface area contributed by atoms with Crippen LogP contribution in [0.2, 0.25) is 0 Å². The Bertz CT molecular complexity index is 958. The lowest BCUT2D eigenvalue weighted by Crippen LogP contribution is -2.37. The van der Waals surface area contributed by atoms with Crippen molar-refractivity contribution in [3.8, 4) is 11.8 Å². The summed E-state index contributed by atoms with van der Waals surface area (Å²) in [7, 11) is 0. The number of ether oxygens (including phenoxy) is 1. The van der Waals surface area contributed by atoms with E-state index in [9.17, 15) is 14.9 Å². The number of hydrogen-bond acceptors (Lipinski definition) is 4. The SMILES string of the molecule is CC(C)C(Oc1ccccc1C#N)C(=O)Nc1ccc(NC(=O)N2CCCCCC2)cc1. The molecular weight excluding hydrogens is 404 g/mol. The van der Waals surface area contributed by atoms with Crippen LogP contribution in [0, 0.1) is 17.2 Å². The predicted octanol–water partition coefficient (Wildman–Crippen LogP) is 5.01. The predicted molar refractivity (Wildman–Crippen MR) is 125 cm³/mol. The molecule has 32 heavy (non-hydrogen) atoms. The molecule has 1 atom stereocenters. The number of nitriles is 1. The van der Waals surface area contributed by atoms with Gasteiger partial charge in [0.1, 0.15) is 11.8 Å². The zero-order valence-corrected chi connectivity index (χ0v) is 18.6. The minimum Gasteiger partial charge on any atom is -0.479 e. The molecule has 7 heteroatoms. The highest BCUT2D eigenvalue weighted by Gasteiger charge is 2.25. The molecule has 0 bridgehead atoms. The fourth-order valence-electron chi connectivity index (χ4n) is 3.62. The Hall–Kier alpha value is -3.53. The molecule has 1 saturated heterocycles. The third-order valence-electron chi connectivity index (χ3n) is 5.42. The molecule has 3 rings (SSSR count). The molecule has 1 heterocycles. The topological polar surface area (TPSA) is 94.5 Å². The number of rotatable bonds is 6. The maximum atomic E-state index is 12.9. The van der Waals surface area contributed by atoms with Gasteiger partial charge in [-0.1, -0.05) is 38.8 Å². The van der Waals surface area contributed by atoms with Gasteiger partial charge in [0.2, 0.25) is 0 Å². The van der Waals surface area contributed by atoms with Crippen LogP contribution in [0.15, 0.2) is 48.5 Å². The van der Waals surface area contributed by atoms with Gasteiger partial charge in [0, 0.05) is 24.5 Å². The fraction of sp³-hybridized carbons (Fsp3) is 0.400. The summed E-state index contributed by atoms with van der Waals surface area (Å²) in [5.74, 6) is -0.0153. The molecule has 1 aliphatic heterocycles. The number of para-hydroxylation sites is 1. The van der Waals surface area contributed by atoms with Crippen molar-refractivity contribution in [1.29, 1.82) is 5.26 Å². The Morgan fingerprint density at radius 3 is 2.12 bits per heavy atom. The van der Waals surface area contributed by atoms with Crippen molar-refractivity contribution in [3.05, 3.63) is 54.1 Å². The summed E-state index contributed by atoms with van der Waals surface area (Å²) in [6, 6.07) is 15.9. The number of urea groups is 1. The van der Waals surface area contributed by atoms with E-state index in [1.54, 1.807) is 48.5 Å². The Labute approximate surface area is 189 Å². The van der Waals surface area contributed by atoms with Gasteiger partial charge in [-0.25, -0.2) is 4.79 Å². The van der Waals surface area contributed by atoms with E-state index in [4.69, 9.17) is 4.74 Å². The Morgan fingerprint density at radius 2 is 1.53 bits per heavy atom. The lowest BCUT2D eigenvalue weighted by Gasteiger charge is -2.22. The zero-order chi connectivity index (χ0) is 22.9. The normalized spacial score (nSPS) is 14.8. The molecule has 3 amide bonds. The number of nitrogens with zero attached hydrogens (tertiary/aromatic N) is 2. The summed E-state index contributed by atoms with van der Waals surface area (Å²) < 4.78 is 5.89. The van der Waals surface area contributed by atoms with Crippen molar-refractivity contribution in [1.82, 2.24) is 4.90 Å². The highest BCUT2D eigenvalue weighted by molar-refractivity contribution is 5.95. The van der Waals surface area contributed by atoms with Gasteiger partial charge in [-0.15, -0.1) is 0 Å². The Balaban J connectivity index is 1.61. The maximum Gasteiger partial charge on any atom is 0.321 e. The monoisotopic (exact) mass is 434 g/mol. The number of anilines is 2. The van der Waals surface area contributed by atoms with Crippen LogP contribution in [-0.4, -0.2) is 36.0 Å². The van der Waals surface area contributed by atoms with E-state index in [1.807, 2.05) is 18.7 Å². The molecule has 0 aliphatic carbocycles. The highest BCUT2D eigenvalue weighted by atomic mass is 16.5. The standard InChI is InChI=1S/C25H30N4O3/c1-18(2)23(32-22-10-6-5-9-19(22)17-26)24(30)27-20-11-13-21(14-12-20)28-25(31)29-15-7-3-4-8-16-29/h5-6,9-14,18,23H,3-4,7-8,15-16H2,1-2H3,(H,27,30)(H,28,31). The average Bonchev–Trinajstić information content (AvgIpc) is 3.08. The molecule has 2 aromatic rings. The minimum atomic E-state index is -0.757. The number of amides is 3. The zero-order valence-electron chi connectivity index (χ0n) is 18.6. The Kier molecular flexibility index (Phi) is 8.09. The van der Waals surface area contributed by atoms with Crippen molar-refractivity contribution >= 4 is 23.3 Å². The molecule has 0 radical (unpaired) electrons. The van der Waals surface area contributed by atoms with E-state index in [0.717, 1.165) is 25.9 Å². The Morgan fingerprint density at radius 1 is 0.938 bits per heavy atom. The highest BCUT2D eigenvalue weighted by Crippen LogP contribution is 2.22. The van der Waals surface area contributed by atoms with Gasteiger partial charge in [0.05, 0.1) is 5.56 Å². The van der Waals surface area contributed by atoms with Crippen LogP contribution in [-0.2, 0) is 4.79 Å². The summed E-state index contributed by atoms with van der Waals surface area (Å²) in [5.41, 5.74) is 1.66. The van der Waals surface area contributed by atoms with Crippen LogP contribution >= 0.6 is 0 Å². The molecule has 2 N–H and O–H groups in total. The molecule has 0 saturated carbocycles. The van der Waals surface area contributed by atoms with Crippen molar-refractivity contribution in [2.24, 2.45) is 5.92 Å². The largest absolute Gasteiger partial charge is 0.479 e. The van der Waals surface area contributed by atoms with Crippen molar-refractivity contribution in [2.45, 2.75) is 45.6 Å². The van der Waals surface area contributed by atoms with Gasteiger partial charge in [-0.05, 0) is 55.2 Å². The van der Waals surface area contributed by atoms with Gasteiger partial charge in [0.15, 0.2) is 6.10 Å².